The Labute approximate surface area is 129 Å². The number of nitrogens with one attached hydrogen (secondary N) is 1. The molecule has 1 atom stereocenters. The molecule has 1 aromatic carbocycles. The smallest absolute Gasteiger partial charge is 0.245 e. The van der Waals surface area contributed by atoms with Crippen LogP contribution in [0.5, 0.6) is 0 Å². The van der Waals surface area contributed by atoms with Gasteiger partial charge in [-0.3, -0.25) is 9.59 Å². The van der Waals surface area contributed by atoms with Crippen LogP contribution in [0, 0.1) is 11.3 Å². The van der Waals surface area contributed by atoms with Gasteiger partial charge in [0.25, 0.3) is 0 Å². The summed E-state index contributed by atoms with van der Waals surface area (Å²) < 4.78 is 0. The second-order valence-electron chi connectivity index (χ2n) is 6.04. The summed E-state index contributed by atoms with van der Waals surface area (Å²) in [7, 11) is 0. The van der Waals surface area contributed by atoms with Crippen LogP contribution in [-0.2, 0) is 15.0 Å². The fourth-order valence-corrected chi connectivity index (χ4v) is 3.35. The number of nitriles is 1. The van der Waals surface area contributed by atoms with Crippen LogP contribution in [0.25, 0.3) is 0 Å². The summed E-state index contributed by atoms with van der Waals surface area (Å²) in [6, 6.07) is 11.9. The predicted octanol–water partition coefficient (Wildman–Crippen LogP) is 1.35. The minimum atomic E-state index is -0.503. The number of amides is 2. The lowest BCUT2D eigenvalue weighted by molar-refractivity contribution is -0.135. The van der Waals surface area contributed by atoms with Gasteiger partial charge in [0.1, 0.15) is 6.04 Å². The topological polar surface area (TPSA) is 73.2 Å². The fourth-order valence-electron chi connectivity index (χ4n) is 3.35. The highest BCUT2D eigenvalue weighted by Crippen LogP contribution is 2.35. The van der Waals surface area contributed by atoms with Gasteiger partial charge in [-0.05, 0) is 24.8 Å². The van der Waals surface area contributed by atoms with Gasteiger partial charge in [-0.1, -0.05) is 30.3 Å². The Bertz CT molecular complexity index is 613. The van der Waals surface area contributed by atoms with Crippen molar-refractivity contribution in [1.29, 1.82) is 5.26 Å². The normalized spacial score (nSPS) is 23.7. The highest BCUT2D eigenvalue weighted by Gasteiger charge is 2.39. The van der Waals surface area contributed by atoms with Crippen molar-refractivity contribution in [3.63, 3.8) is 0 Å². The first kappa shape index (κ1) is 14.6. The molecule has 1 aromatic rings. The fraction of sp³-hybridized carbons (Fsp3) is 0.471. The van der Waals surface area contributed by atoms with E-state index in [-0.39, 0.29) is 17.9 Å². The molecule has 1 unspecified atom stereocenters. The molecule has 2 saturated heterocycles. The van der Waals surface area contributed by atoms with Gasteiger partial charge in [-0.25, -0.2) is 0 Å². The van der Waals surface area contributed by atoms with Crippen LogP contribution < -0.4 is 5.32 Å². The summed E-state index contributed by atoms with van der Waals surface area (Å²) in [6.07, 6.45) is 2.28. The molecule has 2 amide bonds. The molecule has 0 aromatic heterocycles. The SMILES string of the molecule is N#CC1(c2ccccc2)CCN(C(=O)C2CCC(=O)N2)CC1. The van der Waals surface area contributed by atoms with Gasteiger partial charge in [-0.2, -0.15) is 5.26 Å². The van der Waals surface area contributed by atoms with Crippen molar-refractivity contribution in [2.75, 3.05) is 13.1 Å². The Morgan fingerprint density at radius 3 is 2.50 bits per heavy atom. The maximum absolute atomic E-state index is 12.4. The van der Waals surface area contributed by atoms with Crippen molar-refractivity contribution in [1.82, 2.24) is 10.2 Å². The van der Waals surface area contributed by atoms with Crippen LogP contribution >= 0.6 is 0 Å². The van der Waals surface area contributed by atoms with Crippen LogP contribution in [0.3, 0.4) is 0 Å². The summed E-state index contributed by atoms with van der Waals surface area (Å²) in [5, 5.41) is 12.4. The number of benzene rings is 1. The summed E-state index contributed by atoms with van der Waals surface area (Å²) >= 11 is 0. The average molecular weight is 297 g/mol. The van der Waals surface area contributed by atoms with E-state index in [4.69, 9.17) is 0 Å². The van der Waals surface area contributed by atoms with E-state index in [2.05, 4.69) is 11.4 Å². The van der Waals surface area contributed by atoms with E-state index in [0.29, 0.717) is 38.8 Å². The van der Waals surface area contributed by atoms with Gasteiger partial charge in [0.05, 0.1) is 11.5 Å². The minimum Gasteiger partial charge on any atom is -0.344 e. The molecule has 5 heteroatoms. The molecule has 2 heterocycles. The van der Waals surface area contributed by atoms with Crippen molar-refractivity contribution >= 4 is 11.8 Å². The van der Waals surface area contributed by atoms with Crippen molar-refractivity contribution in [3.05, 3.63) is 35.9 Å². The molecule has 2 fully saturated rings. The van der Waals surface area contributed by atoms with Crippen molar-refractivity contribution < 1.29 is 9.59 Å². The molecule has 0 spiro atoms. The van der Waals surface area contributed by atoms with E-state index in [1.54, 1.807) is 4.90 Å². The predicted molar refractivity (Wildman–Crippen MR) is 80.7 cm³/mol. The van der Waals surface area contributed by atoms with Crippen molar-refractivity contribution in [3.8, 4) is 6.07 Å². The number of carbonyl (C=O) groups excluding carboxylic acids is 2. The molecule has 22 heavy (non-hydrogen) atoms. The second kappa shape index (κ2) is 5.80. The highest BCUT2D eigenvalue weighted by atomic mass is 16.2. The van der Waals surface area contributed by atoms with E-state index in [1.807, 2.05) is 30.3 Å². The number of piperidine rings is 1. The molecule has 0 radical (unpaired) electrons. The van der Waals surface area contributed by atoms with Gasteiger partial charge >= 0.3 is 0 Å². The largest absolute Gasteiger partial charge is 0.344 e. The number of hydrogen-bond donors (Lipinski definition) is 1. The van der Waals surface area contributed by atoms with Crippen LogP contribution in [0.1, 0.15) is 31.2 Å². The first-order valence-electron chi connectivity index (χ1n) is 7.69. The third-order valence-corrected chi connectivity index (χ3v) is 4.76. The standard InChI is InChI=1S/C17H19N3O2/c18-12-17(13-4-2-1-3-5-13)8-10-20(11-9-17)16(22)14-6-7-15(21)19-14/h1-5,14H,6-11H2,(H,19,21). The van der Waals surface area contributed by atoms with Crippen LogP contribution in [0.15, 0.2) is 30.3 Å². The molecule has 0 aliphatic carbocycles. The quantitative estimate of drug-likeness (QED) is 0.895. The number of likely N-dealkylation sites (tertiary alicyclic amines) is 1. The zero-order valence-corrected chi connectivity index (χ0v) is 12.4. The Kier molecular flexibility index (Phi) is 3.84. The lowest BCUT2D eigenvalue weighted by Crippen LogP contribution is -2.50. The van der Waals surface area contributed by atoms with Gasteiger partial charge in [0.2, 0.25) is 11.8 Å². The molecule has 2 aliphatic heterocycles. The van der Waals surface area contributed by atoms with E-state index in [9.17, 15) is 14.9 Å². The third kappa shape index (κ3) is 2.57. The molecule has 1 N–H and O–H groups in total. The Balaban J connectivity index is 1.68. The summed E-state index contributed by atoms with van der Waals surface area (Å²) in [6.45, 7) is 1.13. The molecular formula is C17H19N3O2. The zero-order valence-electron chi connectivity index (χ0n) is 12.4. The maximum Gasteiger partial charge on any atom is 0.245 e. The zero-order chi connectivity index (χ0) is 15.6. The number of rotatable bonds is 2. The average Bonchev–Trinajstić information content (AvgIpc) is 3.01. The molecular weight excluding hydrogens is 278 g/mol. The highest BCUT2D eigenvalue weighted by molar-refractivity contribution is 5.90. The Hall–Kier alpha value is -2.35. The van der Waals surface area contributed by atoms with Gasteiger partial charge < -0.3 is 10.2 Å². The van der Waals surface area contributed by atoms with Crippen LogP contribution in [0.2, 0.25) is 0 Å². The monoisotopic (exact) mass is 297 g/mol. The Morgan fingerprint density at radius 2 is 1.95 bits per heavy atom. The van der Waals surface area contributed by atoms with Crippen molar-refractivity contribution in [2.24, 2.45) is 0 Å². The Morgan fingerprint density at radius 1 is 1.27 bits per heavy atom. The second-order valence-corrected chi connectivity index (χ2v) is 6.04. The number of hydrogen-bond acceptors (Lipinski definition) is 3. The molecule has 2 aliphatic rings. The minimum absolute atomic E-state index is 0.00884. The lowest BCUT2D eigenvalue weighted by Gasteiger charge is -2.38. The van der Waals surface area contributed by atoms with Crippen LogP contribution in [-0.4, -0.2) is 35.8 Å². The summed E-state index contributed by atoms with van der Waals surface area (Å²) in [5.41, 5.74) is 0.524. The van der Waals surface area contributed by atoms with Crippen LogP contribution in [0.4, 0.5) is 0 Å². The lowest BCUT2D eigenvalue weighted by atomic mass is 9.74. The summed E-state index contributed by atoms with van der Waals surface area (Å²) in [5.74, 6) is -0.0588. The van der Waals surface area contributed by atoms with E-state index < -0.39 is 5.41 Å². The molecule has 0 bridgehead atoms. The number of carbonyl (C=O) groups is 2. The third-order valence-electron chi connectivity index (χ3n) is 4.76. The molecule has 0 saturated carbocycles. The first-order chi connectivity index (χ1) is 10.6. The van der Waals surface area contributed by atoms with E-state index >= 15 is 0 Å². The molecule has 5 nitrogen and oxygen atoms in total. The molecule has 3 rings (SSSR count). The van der Waals surface area contributed by atoms with Gasteiger partial charge in [0.15, 0.2) is 0 Å². The maximum atomic E-state index is 12.4. The molecule has 114 valence electrons. The van der Waals surface area contributed by atoms with Gasteiger partial charge in [-0.15, -0.1) is 0 Å². The van der Waals surface area contributed by atoms with Gasteiger partial charge in [0, 0.05) is 19.5 Å². The summed E-state index contributed by atoms with van der Waals surface area (Å²) in [4.78, 5) is 25.4. The first-order valence-corrected chi connectivity index (χ1v) is 7.69. The number of nitrogens with zero attached hydrogens (tertiary/aromatic N) is 2. The van der Waals surface area contributed by atoms with E-state index in [0.717, 1.165) is 5.56 Å². The van der Waals surface area contributed by atoms with E-state index in [1.165, 1.54) is 0 Å². The van der Waals surface area contributed by atoms with Crippen molar-refractivity contribution in [2.45, 2.75) is 37.1 Å².